The van der Waals surface area contributed by atoms with Crippen LogP contribution >= 0.6 is 27.7 Å². The second-order valence-corrected chi connectivity index (χ2v) is 8.82. The molecule has 0 bridgehead atoms. The number of nitrogens with one attached hydrogen (secondary N) is 1. The summed E-state index contributed by atoms with van der Waals surface area (Å²) < 4.78 is 3.25. The number of thioether (sulfide) groups is 1. The maximum absolute atomic E-state index is 12.0. The van der Waals surface area contributed by atoms with Gasteiger partial charge in [0.1, 0.15) is 0 Å². The monoisotopic (exact) mass is 469 g/mol. The van der Waals surface area contributed by atoms with Crippen molar-refractivity contribution in [1.29, 1.82) is 0 Å². The predicted octanol–water partition coefficient (Wildman–Crippen LogP) is 5.55. The Labute approximate surface area is 184 Å². The molecule has 6 heteroatoms. The summed E-state index contributed by atoms with van der Waals surface area (Å²) in [7, 11) is 0. The van der Waals surface area contributed by atoms with Crippen molar-refractivity contribution in [3.63, 3.8) is 0 Å². The molecule has 3 aromatic rings. The molecule has 0 spiro atoms. The molecular weight excluding hydrogens is 446 g/mol. The summed E-state index contributed by atoms with van der Waals surface area (Å²) in [6.45, 7) is 6.22. The first-order valence-electron chi connectivity index (χ1n) is 9.34. The first-order chi connectivity index (χ1) is 13.9. The number of halogens is 1. The summed E-state index contributed by atoms with van der Waals surface area (Å²) in [4.78, 5) is 12.0. The van der Waals surface area contributed by atoms with Gasteiger partial charge in [-0.3, -0.25) is 4.79 Å². The fraction of sp³-hybridized carbons (Fsp3) is 0.217. The molecule has 0 fully saturated rings. The molecule has 1 amide bonds. The summed E-state index contributed by atoms with van der Waals surface area (Å²) in [6.07, 6.45) is 1.71. The van der Waals surface area contributed by atoms with E-state index in [1.807, 2.05) is 12.1 Å². The number of aromatic nitrogens is 1. The Morgan fingerprint density at radius 1 is 1.14 bits per heavy atom. The molecule has 0 saturated heterocycles. The van der Waals surface area contributed by atoms with Crippen molar-refractivity contribution in [3.8, 4) is 5.69 Å². The minimum Gasteiger partial charge on any atom is -0.318 e. The van der Waals surface area contributed by atoms with Crippen LogP contribution in [0.2, 0.25) is 0 Å². The van der Waals surface area contributed by atoms with E-state index in [2.05, 4.69) is 94.3 Å². The maximum Gasteiger partial charge on any atom is 0.250 e. The maximum atomic E-state index is 12.0. The number of benzene rings is 2. The van der Waals surface area contributed by atoms with Gasteiger partial charge in [-0.2, -0.15) is 5.10 Å². The van der Waals surface area contributed by atoms with Crippen LogP contribution in [-0.4, -0.2) is 22.4 Å². The second-order valence-electron chi connectivity index (χ2n) is 6.92. The highest BCUT2D eigenvalue weighted by atomic mass is 79.9. The van der Waals surface area contributed by atoms with E-state index in [4.69, 9.17) is 0 Å². The van der Waals surface area contributed by atoms with Crippen molar-refractivity contribution < 1.29 is 4.79 Å². The number of amides is 1. The highest BCUT2D eigenvalue weighted by Crippen LogP contribution is 2.20. The molecule has 1 heterocycles. The first kappa shape index (κ1) is 21.4. The molecule has 0 aliphatic heterocycles. The van der Waals surface area contributed by atoms with Crippen LogP contribution in [0.25, 0.3) is 5.69 Å². The first-order valence-corrected chi connectivity index (χ1v) is 11.3. The van der Waals surface area contributed by atoms with Gasteiger partial charge < -0.3 is 4.57 Å². The Bertz CT molecular complexity index is 1040. The van der Waals surface area contributed by atoms with Crippen LogP contribution in [0.5, 0.6) is 0 Å². The smallest absolute Gasteiger partial charge is 0.250 e. The lowest BCUT2D eigenvalue weighted by Gasteiger charge is -2.10. The van der Waals surface area contributed by atoms with Crippen molar-refractivity contribution in [2.45, 2.75) is 26.5 Å². The normalized spacial score (nSPS) is 11.2. The Kier molecular flexibility index (Phi) is 7.34. The van der Waals surface area contributed by atoms with Gasteiger partial charge in [-0.15, -0.1) is 11.8 Å². The van der Waals surface area contributed by atoms with Crippen LogP contribution in [0, 0.1) is 20.8 Å². The van der Waals surface area contributed by atoms with Crippen LogP contribution in [0.15, 0.2) is 64.2 Å². The molecule has 150 valence electrons. The molecule has 3 rings (SSSR count). The third-order valence-corrected chi connectivity index (χ3v) is 6.01. The van der Waals surface area contributed by atoms with Crippen LogP contribution in [0.4, 0.5) is 0 Å². The van der Waals surface area contributed by atoms with E-state index in [1.54, 1.807) is 18.0 Å². The fourth-order valence-corrected chi connectivity index (χ4v) is 4.39. The number of nitrogens with zero attached hydrogens (tertiary/aromatic N) is 2. The van der Waals surface area contributed by atoms with E-state index in [1.165, 1.54) is 11.1 Å². The molecule has 1 aromatic heterocycles. The quantitative estimate of drug-likeness (QED) is 0.364. The predicted molar refractivity (Wildman–Crippen MR) is 126 cm³/mol. The van der Waals surface area contributed by atoms with E-state index in [0.29, 0.717) is 5.75 Å². The van der Waals surface area contributed by atoms with Crippen molar-refractivity contribution in [2.24, 2.45) is 5.10 Å². The van der Waals surface area contributed by atoms with Crippen molar-refractivity contribution in [3.05, 3.63) is 87.1 Å². The molecule has 29 heavy (non-hydrogen) atoms. The largest absolute Gasteiger partial charge is 0.318 e. The summed E-state index contributed by atoms with van der Waals surface area (Å²) >= 11 is 5.03. The topological polar surface area (TPSA) is 46.4 Å². The SMILES string of the molecule is Cc1cccc(-n2c(C)cc(/C=N\NC(=O)CSCc3cccc(Br)c3)c2C)c1. The minimum absolute atomic E-state index is 0.103. The lowest BCUT2D eigenvalue weighted by molar-refractivity contribution is -0.118. The third kappa shape index (κ3) is 5.84. The molecular formula is C23H24BrN3OS. The van der Waals surface area contributed by atoms with E-state index in [9.17, 15) is 4.79 Å². The van der Waals surface area contributed by atoms with Gasteiger partial charge in [0, 0.05) is 32.9 Å². The van der Waals surface area contributed by atoms with Gasteiger partial charge in [0.25, 0.3) is 0 Å². The van der Waals surface area contributed by atoms with Crippen LogP contribution in [0.3, 0.4) is 0 Å². The Hall–Kier alpha value is -2.31. The van der Waals surface area contributed by atoms with E-state index < -0.39 is 0 Å². The van der Waals surface area contributed by atoms with Gasteiger partial charge >= 0.3 is 0 Å². The molecule has 0 aliphatic rings. The molecule has 0 saturated carbocycles. The summed E-state index contributed by atoms with van der Waals surface area (Å²) in [5.74, 6) is 1.05. The van der Waals surface area contributed by atoms with Gasteiger partial charge in [-0.05, 0) is 62.2 Å². The van der Waals surface area contributed by atoms with Gasteiger partial charge in [0.15, 0.2) is 0 Å². The van der Waals surface area contributed by atoms with E-state index in [-0.39, 0.29) is 5.91 Å². The molecule has 0 unspecified atom stereocenters. The van der Waals surface area contributed by atoms with Gasteiger partial charge in [-0.25, -0.2) is 5.43 Å². The van der Waals surface area contributed by atoms with Gasteiger partial charge in [-0.1, -0.05) is 40.2 Å². The highest BCUT2D eigenvalue weighted by molar-refractivity contribution is 9.10. The van der Waals surface area contributed by atoms with Crippen LogP contribution in [-0.2, 0) is 10.5 Å². The molecule has 1 N–H and O–H groups in total. The average Bonchev–Trinajstić information content (AvgIpc) is 2.95. The molecule has 4 nitrogen and oxygen atoms in total. The number of hydrogen-bond acceptors (Lipinski definition) is 3. The zero-order valence-corrected chi connectivity index (χ0v) is 19.2. The van der Waals surface area contributed by atoms with Crippen LogP contribution in [0.1, 0.15) is 28.1 Å². The summed E-state index contributed by atoms with van der Waals surface area (Å²) in [5, 5.41) is 4.15. The molecule has 0 atom stereocenters. The number of aryl methyl sites for hydroxylation is 2. The molecule has 2 aromatic carbocycles. The summed E-state index contributed by atoms with van der Waals surface area (Å²) in [5.41, 5.74) is 9.38. The second kappa shape index (κ2) is 9.94. The fourth-order valence-electron chi connectivity index (χ4n) is 3.18. The number of carbonyl (C=O) groups is 1. The minimum atomic E-state index is -0.103. The Balaban J connectivity index is 1.56. The lowest BCUT2D eigenvalue weighted by Crippen LogP contribution is -2.19. The van der Waals surface area contributed by atoms with Crippen molar-refractivity contribution >= 4 is 39.8 Å². The van der Waals surface area contributed by atoms with Crippen molar-refractivity contribution in [1.82, 2.24) is 9.99 Å². The zero-order chi connectivity index (χ0) is 20.8. The Morgan fingerprint density at radius 2 is 1.93 bits per heavy atom. The number of rotatable bonds is 7. The molecule has 0 aliphatic carbocycles. The third-order valence-electron chi connectivity index (χ3n) is 4.51. The van der Waals surface area contributed by atoms with Crippen LogP contribution < -0.4 is 5.43 Å². The lowest BCUT2D eigenvalue weighted by atomic mass is 10.2. The van der Waals surface area contributed by atoms with Crippen molar-refractivity contribution in [2.75, 3.05) is 5.75 Å². The van der Waals surface area contributed by atoms with Gasteiger partial charge in [0.05, 0.1) is 12.0 Å². The Morgan fingerprint density at radius 3 is 2.69 bits per heavy atom. The van der Waals surface area contributed by atoms with E-state index >= 15 is 0 Å². The molecule has 0 radical (unpaired) electrons. The van der Waals surface area contributed by atoms with Gasteiger partial charge in [0.2, 0.25) is 5.91 Å². The summed E-state index contributed by atoms with van der Waals surface area (Å²) in [6, 6.07) is 18.6. The number of hydrogen-bond donors (Lipinski definition) is 1. The number of hydrazone groups is 1. The highest BCUT2D eigenvalue weighted by Gasteiger charge is 2.09. The average molecular weight is 470 g/mol. The standard InChI is InChI=1S/C23H24BrN3OS/c1-16-6-4-9-22(10-16)27-17(2)11-20(18(27)3)13-25-26-23(28)15-29-14-19-7-5-8-21(24)12-19/h4-13H,14-15H2,1-3H3,(H,26,28)/b25-13-. The van der Waals surface area contributed by atoms with E-state index in [0.717, 1.165) is 32.9 Å². The number of carbonyl (C=O) groups excluding carboxylic acids is 1. The zero-order valence-electron chi connectivity index (χ0n) is 16.8.